The van der Waals surface area contributed by atoms with Crippen LogP contribution in [0.15, 0.2) is 4.99 Å². The number of rotatable bonds is 2. The van der Waals surface area contributed by atoms with Crippen LogP contribution in [-0.2, 0) is 9.53 Å². The Morgan fingerprint density at radius 3 is 2.00 bits per heavy atom. The summed E-state index contributed by atoms with van der Waals surface area (Å²) in [7, 11) is 5.12. The largest absolute Gasteiger partial charge is 0.444 e. The smallest absolute Gasteiger partial charge is 0.410 e. The normalized spacial score (nSPS) is 13.8. The van der Waals surface area contributed by atoms with Gasteiger partial charge in [-0.25, -0.2) is 4.79 Å². The van der Waals surface area contributed by atoms with Crippen molar-refractivity contribution in [2.45, 2.75) is 46.3 Å². The summed E-state index contributed by atoms with van der Waals surface area (Å²) in [6.07, 6.45) is -0.536. The molecule has 0 aromatic heterocycles. The maximum absolute atomic E-state index is 11.9. The van der Waals surface area contributed by atoms with Crippen LogP contribution in [0.5, 0.6) is 0 Å². The molecule has 0 bridgehead atoms. The number of likely N-dealkylation sites (N-methyl/N-ethyl adjacent to an activating group) is 1. The molecule has 0 aliphatic heterocycles. The number of ether oxygens (including phenoxy) is 1. The van der Waals surface area contributed by atoms with Gasteiger partial charge >= 0.3 is 6.09 Å². The molecule has 0 aromatic carbocycles. The molecule has 110 valence electrons. The molecule has 0 N–H and O–H groups in total. The third-order valence-corrected chi connectivity index (χ3v) is 2.54. The van der Waals surface area contributed by atoms with E-state index in [4.69, 9.17) is 4.74 Å². The van der Waals surface area contributed by atoms with Crippen molar-refractivity contribution in [2.75, 3.05) is 21.1 Å². The zero-order valence-electron chi connectivity index (χ0n) is 13.1. The summed E-state index contributed by atoms with van der Waals surface area (Å²) in [6, 6.07) is -0.662. The molecule has 6 heteroatoms. The first-order valence-electron chi connectivity index (χ1n) is 6.18. The molecular weight excluding hydrogens is 246 g/mol. The summed E-state index contributed by atoms with van der Waals surface area (Å²) in [4.78, 5) is 30.6. The monoisotopic (exact) mass is 271 g/mol. The minimum Gasteiger partial charge on any atom is -0.444 e. The number of nitrogens with zero attached hydrogens (tertiary/aromatic N) is 3. The summed E-state index contributed by atoms with van der Waals surface area (Å²) in [6.45, 7) is 8.69. The highest BCUT2D eigenvalue weighted by atomic mass is 16.6. The Bertz CT molecular complexity index is 370. The minimum absolute atomic E-state index is 0.375. The maximum Gasteiger partial charge on any atom is 0.410 e. The van der Waals surface area contributed by atoms with Crippen LogP contribution in [0.25, 0.3) is 0 Å². The van der Waals surface area contributed by atoms with Gasteiger partial charge in [-0.3, -0.25) is 9.69 Å². The number of carbonyl (C=O) groups excluding carboxylic acids is 2. The molecule has 2 amide bonds. The van der Waals surface area contributed by atoms with Crippen LogP contribution >= 0.6 is 0 Å². The summed E-state index contributed by atoms with van der Waals surface area (Å²) in [5.74, 6) is 0.217. The SMILES string of the molecule is C/C(=N\C(=O)C(C)N(C)C(=O)OC(C)(C)C)N(C)C. The first kappa shape index (κ1) is 17.4. The number of amidine groups is 1. The van der Waals surface area contributed by atoms with Crippen LogP contribution in [0.3, 0.4) is 0 Å². The van der Waals surface area contributed by atoms with E-state index in [-0.39, 0.29) is 5.91 Å². The van der Waals surface area contributed by atoms with Crippen LogP contribution in [0.4, 0.5) is 4.79 Å². The zero-order chi connectivity index (χ0) is 15.4. The van der Waals surface area contributed by atoms with E-state index >= 15 is 0 Å². The predicted molar refractivity (Wildman–Crippen MR) is 75.3 cm³/mol. The number of aliphatic imine (C=N–C) groups is 1. The van der Waals surface area contributed by atoms with E-state index in [1.165, 1.54) is 11.9 Å². The van der Waals surface area contributed by atoms with Crippen molar-refractivity contribution in [1.29, 1.82) is 0 Å². The molecule has 0 rings (SSSR count). The van der Waals surface area contributed by atoms with Crippen LogP contribution < -0.4 is 0 Å². The van der Waals surface area contributed by atoms with E-state index in [1.807, 2.05) is 0 Å². The van der Waals surface area contributed by atoms with Gasteiger partial charge in [0.2, 0.25) is 0 Å². The Morgan fingerprint density at radius 2 is 1.63 bits per heavy atom. The highest BCUT2D eigenvalue weighted by molar-refractivity contribution is 5.96. The van der Waals surface area contributed by atoms with Gasteiger partial charge in [-0.05, 0) is 34.6 Å². The van der Waals surface area contributed by atoms with Crippen molar-refractivity contribution < 1.29 is 14.3 Å². The first-order valence-corrected chi connectivity index (χ1v) is 6.18. The number of hydrogen-bond acceptors (Lipinski definition) is 3. The predicted octanol–water partition coefficient (Wildman–Crippen LogP) is 1.75. The highest BCUT2D eigenvalue weighted by Crippen LogP contribution is 2.11. The Morgan fingerprint density at radius 1 is 1.16 bits per heavy atom. The second kappa shape index (κ2) is 6.54. The lowest BCUT2D eigenvalue weighted by molar-refractivity contribution is -0.122. The van der Waals surface area contributed by atoms with Gasteiger partial charge in [-0.1, -0.05) is 0 Å². The molecule has 0 saturated carbocycles. The average Bonchev–Trinajstić information content (AvgIpc) is 2.24. The van der Waals surface area contributed by atoms with Crippen LogP contribution in [0, 0.1) is 0 Å². The lowest BCUT2D eigenvalue weighted by atomic mass is 10.2. The standard InChI is InChI=1S/C13H25N3O3/c1-9(11(17)14-10(2)15(6)7)16(8)12(18)19-13(3,4)5/h9H,1-8H3/b14-10+. The number of hydrogen-bond donors (Lipinski definition) is 0. The van der Waals surface area contributed by atoms with E-state index in [1.54, 1.807) is 53.6 Å². The highest BCUT2D eigenvalue weighted by Gasteiger charge is 2.26. The van der Waals surface area contributed by atoms with Gasteiger partial charge in [0.05, 0.1) is 0 Å². The first-order chi connectivity index (χ1) is 8.45. The Kier molecular flexibility index (Phi) is 5.99. The molecule has 0 spiro atoms. The number of amides is 2. The van der Waals surface area contributed by atoms with Crippen molar-refractivity contribution in [3.05, 3.63) is 0 Å². The molecule has 0 aliphatic carbocycles. The Hall–Kier alpha value is -1.59. The molecule has 1 atom stereocenters. The van der Waals surface area contributed by atoms with Crippen LogP contribution in [-0.4, -0.2) is 60.4 Å². The molecule has 0 saturated heterocycles. The zero-order valence-corrected chi connectivity index (χ0v) is 13.1. The van der Waals surface area contributed by atoms with Gasteiger partial charge in [-0.2, -0.15) is 4.99 Å². The third-order valence-electron chi connectivity index (χ3n) is 2.54. The van der Waals surface area contributed by atoms with Crippen molar-refractivity contribution in [1.82, 2.24) is 9.80 Å². The van der Waals surface area contributed by atoms with Crippen molar-refractivity contribution in [3.63, 3.8) is 0 Å². The van der Waals surface area contributed by atoms with E-state index in [2.05, 4.69) is 4.99 Å². The second-order valence-electron chi connectivity index (χ2n) is 5.66. The van der Waals surface area contributed by atoms with Crippen molar-refractivity contribution in [3.8, 4) is 0 Å². The maximum atomic E-state index is 11.9. The van der Waals surface area contributed by atoms with Gasteiger partial charge in [-0.15, -0.1) is 0 Å². The van der Waals surface area contributed by atoms with Crippen molar-refractivity contribution >= 4 is 17.8 Å². The molecule has 6 nitrogen and oxygen atoms in total. The van der Waals surface area contributed by atoms with Gasteiger partial charge in [0.1, 0.15) is 17.5 Å². The van der Waals surface area contributed by atoms with E-state index < -0.39 is 17.7 Å². The summed E-state index contributed by atoms with van der Waals surface area (Å²) < 4.78 is 5.20. The van der Waals surface area contributed by atoms with Gasteiger partial charge in [0.25, 0.3) is 5.91 Å². The quantitative estimate of drug-likeness (QED) is 0.567. The van der Waals surface area contributed by atoms with Gasteiger partial charge in [0.15, 0.2) is 0 Å². The van der Waals surface area contributed by atoms with Gasteiger partial charge < -0.3 is 9.64 Å². The fraction of sp³-hybridized carbons (Fsp3) is 0.769. The van der Waals surface area contributed by atoms with E-state index in [0.29, 0.717) is 5.84 Å². The topological polar surface area (TPSA) is 62.2 Å². The Balaban J connectivity index is 4.74. The van der Waals surface area contributed by atoms with Crippen LogP contribution in [0.2, 0.25) is 0 Å². The molecule has 1 unspecified atom stereocenters. The summed E-state index contributed by atoms with van der Waals surface area (Å²) >= 11 is 0. The van der Waals surface area contributed by atoms with E-state index in [9.17, 15) is 9.59 Å². The van der Waals surface area contributed by atoms with Crippen molar-refractivity contribution in [2.24, 2.45) is 4.99 Å². The van der Waals surface area contributed by atoms with E-state index in [0.717, 1.165) is 0 Å². The third kappa shape index (κ3) is 6.22. The van der Waals surface area contributed by atoms with Gasteiger partial charge in [0, 0.05) is 21.1 Å². The molecular formula is C13H25N3O3. The minimum atomic E-state index is -0.662. The molecule has 0 aliphatic rings. The van der Waals surface area contributed by atoms with Crippen LogP contribution in [0.1, 0.15) is 34.6 Å². The lowest BCUT2D eigenvalue weighted by Gasteiger charge is -2.27. The summed E-state index contributed by atoms with van der Waals surface area (Å²) in [5.41, 5.74) is -0.586. The lowest BCUT2D eigenvalue weighted by Crippen LogP contribution is -2.43. The fourth-order valence-electron chi connectivity index (χ4n) is 1.01. The Labute approximate surface area is 115 Å². The second-order valence-corrected chi connectivity index (χ2v) is 5.66. The summed E-state index contributed by atoms with van der Waals surface area (Å²) in [5, 5.41) is 0. The molecule has 0 fully saturated rings. The molecule has 0 radical (unpaired) electrons. The molecule has 0 aromatic rings. The molecule has 0 heterocycles. The number of carbonyl (C=O) groups is 2. The average molecular weight is 271 g/mol. The fourth-order valence-corrected chi connectivity index (χ4v) is 1.01. The molecule has 19 heavy (non-hydrogen) atoms.